The van der Waals surface area contributed by atoms with Gasteiger partial charge in [0.25, 0.3) is 0 Å². The molecule has 0 aliphatic carbocycles. The highest BCUT2D eigenvalue weighted by Crippen LogP contribution is 2.28. The molecule has 0 spiro atoms. The standard InChI is InChI=1S/C20H26FNO/c1-4-22(5-2)15-14-20(3,23)18-10-6-16(7-11-18)17-8-12-19(21)13-9-17/h6-13,23H,4-5,14-15H2,1-3H3. The molecular weight excluding hydrogens is 289 g/mol. The largest absolute Gasteiger partial charge is 0.385 e. The summed E-state index contributed by atoms with van der Waals surface area (Å²) in [5.74, 6) is -0.232. The fourth-order valence-electron chi connectivity index (χ4n) is 2.72. The number of rotatable bonds is 7. The van der Waals surface area contributed by atoms with Crippen LogP contribution < -0.4 is 0 Å². The molecule has 1 unspecified atom stereocenters. The Morgan fingerprint density at radius 3 is 1.87 bits per heavy atom. The lowest BCUT2D eigenvalue weighted by Crippen LogP contribution is -2.31. The van der Waals surface area contributed by atoms with E-state index in [-0.39, 0.29) is 5.82 Å². The molecule has 2 nitrogen and oxygen atoms in total. The van der Waals surface area contributed by atoms with Crippen molar-refractivity contribution >= 4 is 0 Å². The first-order chi connectivity index (χ1) is 11.0. The number of nitrogens with zero attached hydrogens (tertiary/aromatic N) is 1. The third kappa shape index (κ3) is 4.63. The van der Waals surface area contributed by atoms with Gasteiger partial charge in [0.1, 0.15) is 5.82 Å². The molecule has 124 valence electrons. The second-order valence-corrected chi connectivity index (χ2v) is 6.13. The first kappa shape index (κ1) is 17.6. The molecule has 0 aromatic heterocycles. The van der Waals surface area contributed by atoms with Gasteiger partial charge >= 0.3 is 0 Å². The molecule has 1 atom stereocenters. The highest BCUT2D eigenvalue weighted by atomic mass is 19.1. The lowest BCUT2D eigenvalue weighted by atomic mass is 9.91. The summed E-state index contributed by atoms with van der Waals surface area (Å²) in [7, 11) is 0. The number of hydrogen-bond acceptors (Lipinski definition) is 2. The van der Waals surface area contributed by atoms with Gasteiger partial charge in [-0.05, 0) is 55.3 Å². The maximum absolute atomic E-state index is 13.0. The second-order valence-electron chi connectivity index (χ2n) is 6.13. The zero-order valence-electron chi connectivity index (χ0n) is 14.2. The maximum atomic E-state index is 13.0. The lowest BCUT2D eigenvalue weighted by molar-refractivity contribution is 0.0369. The van der Waals surface area contributed by atoms with Crippen LogP contribution in [-0.2, 0) is 5.60 Å². The van der Waals surface area contributed by atoms with E-state index in [1.807, 2.05) is 31.2 Å². The van der Waals surface area contributed by atoms with Gasteiger partial charge in [0.2, 0.25) is 0 Å². The lowest BCUT2D eigenvalue weighted by Gasteiger charge is -2.28. The third-order valence-corrected chi connectivity index (χ3v) is 4.49. The summed E-state index contributed by atoms with van der Waals surface area (Å²) in [5, 5.41) is 10.7. The van der Waals surface area contributed by atoms with E-state index in [1.165, 1.54) is 12.1 Å². The van der Waals surface area contributed by atoms with Crippen LogP contribution in [0.4, 0.5) is 4.39 Å². The Morgan fingerprint density at radius 1 is 0.913 bits per heavy atom. The normalized spacial score (nSPS) is 14.0. The average Bonchev–Trinajstić information content (AvgIpc) is 2.56. The molecule has 0 aliphatic rings. The third-order valence-electron chi connectivity index (χ3n) is 4.49. The van der Waals surface area contributed by atoms with E-state index in [0.717, 1.165) is 36.3 Å². The van der Waals surface area contributed by atoms with Gasteiger partial charge in [0, 0.05) is 6.54 Å². The summed E-state index contributed by atoms with van der Waals surface area (Å²) in [6.45, 7) is 9.00. The number of halogens is 1. The van der Waals surface area contributed by atoms with Crippen LogP contribution >= 0.6 is 0 Å². The average molecular weight is 315 g/mol. The predicted molar refractivity (Wildman–Crippen MR) is 93.8 cm³/mol. The van der Waals surface area contributed by atoms with Gasteiger partial charge in [-0.3, -0.25) is 0 Å². The van der Waals surface area contributed by atoms with Gasteiger partial charge in [-0.15, -0.1) is 0 Å². The van der Waals surface area contributed by atoms with E-state index >= 15 is 0 Å². The SMILES string of the molecule is CCN(CC)CCC(C)(O)c1ccc(-c2ccc(F)cc2)cc1. The van der Waals surface area contributed by atoms with Crippen molar-refractivity contribution in [3.8, 4) is 11.1 Å². The molecule has 0 bridgehead atoms. The summed E-state index contributed by atoms with van der Waals surface area (Å²) >= 11 is 0. The van der Waals surface area contributed by atoms with Crippen molar-refractivity contribution in [1.82, 2.24) is 4.90 Å². The van der Waals surface area contributed by atoms with Crippen LogP contribution in [0.25, 0.3) is 11.1 Å². The van der Waals surface area contributed by atoms with E-state index < -0.39 is 5.60 Å². The van der Waals surface area contributed by atoms with E-state index in [2.05, 4.69) is 18.7 Å². The summed E-state index contributed by atoms with van der Waals surface area (Å²) in [4.78, 5) is 2.31. The topological polar surface area (TPSA) is 23.5 Å². The Kier molecular flexibility index (Phi) is 5.91. The molecule has 0 saturated heterocycles. The molecule has 2 rings (SSSR count). The minimum atomic E-state index is -0.843. The number of benzene rings is 2. The van der Waals surface area contributed by atoms with Crippen molar-refractivity contribution in [3.63, 3.8) is 0 Å². The van der Waals surface area contributed by atoms with E-state index in [9.17, 15) is 9.50 Å². The molecule has 0 radical (unpaired) electrons. The van der Waals surface area contributed by atoms with Crippen LogP contribution in [0, 0.1) is 5.82 Å². The van der Waals surface area contributed by atoms with E-state index in [1.54, 1.807) is 12.1 Å². The van der Waals surface area contributed by atoms with Gasteiger partial charge in [-0.1, -0.05) is 50.2 Å². The molecule has 0 saturated carbocycles. The Hall–Kier alpha value is -1.71. The van der Waals surface area contributed by atoms with Gasteiger partial charge in [-0.2, -0.15) is 0 Å². The molecule has 0 fully saturated rings. The van der Waals surface area contributed by atoms with Gasteiger partial charge in [-0.25, -0.2) is 4.39 Å². The first-order valence-corrected chi connectivity index (χ1v) is 8.27. The molecule has 0 amide bonds. The smallest absolute Gasteiger partial charge is 0.123 e. The summed E-state index contributed by atoms with van der Waals surface area (Å²) in [6, 6.07) is 14.3. The zero-order chi connectivity index (χ0) is 16.9. The first-order valence-electron chi connectivity index (χ1n) is 8.27. The monoisotopic (exact) mass is 315 g/mol. The Balaban J connectivity index is 2.09. The fourth-order valence-corrected chi connectivity index (χ4v) is 2.72. The summed E-state index contributed by atoms with van der Waals surface area (Å²) in [5.41, 5.74) is 2.06. The molecule has 23 heavy (non-hydrogen) atoms. The highest BCUT2D eigenvalue weighted by Gasteiger charge is 2.23. The van der Waals surface area contributed by atoms with Crippen LogP contribution in [0.5, 0.6) is 0 Å². The number of hydrogen-bond donors (Lipinski definition) is 1. The Bertz CT molecular complexity index is 601. The van der Waals surface area contributed by atoms with Crippen molar-refractivity contribution in [1.29, 1.82) is 0 Å². The maximum Gasteiger partial charge on any atom is 0.123 e. The van der Waals surface area contributed by atoms with Crippen LogP contribution in [0.1, 0.15) is 32.8 Å². The van der Waals surface area contributed by atoms with E-state index in [0.29, 0.717) is 6.42 Å². The molecule has 3 heteroatoms. The van der Waals surface area contributed by atoms with Crippen molar-refractivity contribution in [2.75, 3.05) is 19.6 Å². The highest BCUT2D eigenvalue weighted by molar-refractivity contribution is 5.63. The van der Waals surface area contributed by atoms with Crippen LogP contribution in [0.15, 0.2) is 48.5 Å². The van der Waals surface area contributed by atoms with Crippen molar-refractivity contribution < 1.29 is 9.50 Å². The van der Waals surface area contributed by atoms with Gasteiger partial charge < -0.3 is 10.0 Å². The van der Waals surface area contributed by atoms with Crippen molar-refractivity contribution in [3.05, 3.63) is 59.9 Å². The summed E-state index contributed by atoms with van der Waals surface area (Å²) in [6.07, 6.45) is 0.699. The Morgan fingerprint density at radius 2 is 1.39 bits per heavy atom. The Labute approximate surface area is 138 Å². The van der Waals surface area contributed by atoms with Gasteiger partial charge in [0.05, 0.1) is 5.60 Å². The van der Waals surface area contributed by atoms with Crippen LogP contribution in [-0.4, -0.2) is 29.6 Å². The van der Waals surface area contributed by atoms with E-state index in [4.69, 9.17) is 0 Å². The van der Waals surface area contributed by atoms with Crippen molar-refractivity contribution in [2.45, 2.75) is 32.8 Å². The molecule has 1 N–H and O–H groups in total. The number of aliphatic hydroxyl groups is 1. The molecule has 0 aliphatic heterocycles. The minimum absolute atomic E-state index is 0.232. The summed E-state index contributed by atoms with van der Waals surface area (Å²) < 4.78 is 13.0. The quantitative estimate of drug-likeness (QED) is 0.817. The van der Waals surface area contributed by atoms with Crippen molar-refractivity contribution in [2.24, 2.45) is 0 Å². The molecular formula is C20H26FNO. The van der Waals surface area contributed by atoms with Crippen LogP contribution in [0.2, 0.25) is 0 Å². The zero-order valence-corrected chi connectivity index (χ0v) is 14.2. The predicted octanol–water partition coefficient (Wildman–Crippen LogP) is 4.43. The minimum Gasteiger partial charge on any atom is -0.385 e. The molecule has 0 heterocycles. The van der Waals surface area contributed by atoms with Crippen LogP contribution in [0.3, 0.4) is 0 Å². The fraction of sp³-hybridized carbons (Fsp3) is 0.400. The second kappa shape index (κ2) is 7.71. The van der Waals surface area contributed by atoms with Gasteiger partial charge in [0.15, 0.2) is 0 Å². The molecule has 2 aromatic carbocycles. The molecule has 2 aromatic rings.